The number of hydrogen-bond acceptors (Lipinski definition) is 4. The topological polar surface area (TPSA) is 90.8 Å². The number of hydrazone groups is 1. The predicted molar refractivity (Wildman–Crippen MR) is 96.6 cm³/mol. The van der Waals surface area contributed by atoms with Gasteiger partial charge in [-0.2, -0.15) is 5.10 Å². The molecule has 2 aromatic rings. The van der Waals surface area contributed by atoms with E-state index in [2.05, 4.69) is 15.8 Å². The van der Waals surface area contributed by atoms with Crippen molar-refractivity contribution in [2.24, 2.45) is 5.10 Å². The summed E-state index contributed by atoms with van der Waals surface area (Å²) >= 11 is 5.80. The fourth-order valence-corrected chi connectivity index (χ4v) is 2.14. The number of para-hydroxylation sites is 1. The van der Waals surface area contributed by atoms with Crippen LogP contribution in [0.5, 0.6) is 5.75 Å². The molecule has 0 fully saturated rings. The van der Waals surface area contributed by atoms with Crippen molar-refractivity contribution in [3.8, 4) is 5.75 Å². The number of carbonyl (C=O) groups is 2. The molecule has 0 atom stereocenters. The Balaban J connectivity index is 1.82. The molecule has 2 aromatic carbocycles. The van der Waals surface area contributed by atoms with Crippen LogP contribution in [0.25, 0.3) is 0 Å². The summed E-state index contributed by atoms with van der Waals surface area (Å²) in [6, 6.07) is 13.3. The second-order valence-corrected chi connectivity index (χ2v) is 5.82. The highest BCUT2D eigenvalue weighted by Crippen LogP contribution is 2.15. The summed E-state index contributed by atoms with van der Waals surface area (Å²) < 4.78 is 0. The Morgan fingerprint density at radius 1 is 1.12 bits per heavy atom. The Kier molecular flexibility index (Phi) is 6.54. The molecular formula is C18H18ClN3O3. The molecule has 0 radical (unpaired) electrons. The number of rotatable bonds is 6. The molecule has 6 nitrogen and oxygen atoms in total. The quantitative estimate of drug-likeness (QED) is 0.547. The van der Waals surface area contributed by atoms with Crippen molar-refractivity contribution in [3.63, 3.8) is 0 Å². The smallest absolute Gasteiger partial charge is 0.275 e. The summed E-state index contributed by atoms with van der Waals surface area (Å²) in [5.74, 6) is -0.888. The van der Waals surface area contributed by atoms with E-state index in [1.165, 1.54) is 12.1 Å². The minimum Gasteiger partial charge on any atom is -0.507 e. The molecule has 0 saturated carbocycles. The third-order valence-electron chi connectivity index (χ3n) is 3.32. The predicted octanol–water partition coefficient (Wildman–Crippen LogP) is 2.86. The molecule has 0 aromatic heterocycles. The van der Waals surface area contributed by atoms with Gasteiger partial charge in [0.1, 0.15) is 5.75 Å². The minimum absolute atomic E-state index is 0.0502. The highest BCUT2D eigenvalue weighted by atomic mass is 35.5. The number of aromatic hydroxyl groups is 1. The van der Waals surface area contributed by atoms with E-state index in [1.807, 2.05) is 12.1 Å². The van der Waals surface area contributed by atoms with Gasteiger partial charge in [0, 0.05) is 17.3 Å². The Morgan fingerprint density at radius 2 is 1.80 bits per heavy atom. The van der Waals surface area contributed by atoms with Crippen LogP contribution in [0, 0.1) is 0 Å². The van der Waals surface area contributed by atoms with Gasteiger partial charge in [0.2, 0.25) is 5.91 Å². The van der Waals surface area contributed by atoms with Crippen molar-refractivity contribution in [3.05, 3.63) is 64.7 Å². The maximum atomic E-state index is 11.9. The average Bonchev–Trinajstić information content (AvgIpc) is 2.59. The van der Waals surface area contributed by atoms with E-state index in [1.54, 1.807) is 31.2 Å². The van der Waals surface area contributed by atoms with Gasteiger partial charge < -0.3 is 10.4 Å². The highest BCUT2D eigenvalue weighted by Gasteiger charge is 2.10. The number of benzene rings is 2. The monoisotopic (exact) mass is 359 g/mol. The molecule has 0 unspecified atom stereocenters. The van der Waals surface area contributed by atoms with Crippen LogP contribution in [0.3, 0.4) is 0 Å². The van der Waals surface area contributed by atoms with Gasteiger partial charge in [0.25, 0.3) is 5.91 Å². The van der Waals surface area contributed by atoms with Gasteiger partial charge in [-0.25, -0.2) is 5.43 Å². The molecule has 0 saturated heterocycles. The number of nitrogens with one attached hydrogen (secondary N) is 2. The Bertz CT molecular complexity index is 788. The van der Waals surface area contributed by atoms with Crippen molar-refractivity contribution in [1.29, 1.82) is 0 Å². The van der Waals surface area contributed by atoms with Crippen molar-refractivity contribution in [2.75, 3.05) is 0 Å². The average molecular weight is 360 g/mol. The third-order valence-corrected chi connectivity index (χ3v) is 3.57. The van der Waals surface area contributed by atoms with E-state index in [-0.39, 0.29) is 23.6 Å². The molecule has 2 amide bonds. The van der Waals surface area contributed by atoms with Crippen LogP contribution in [0.2, 0.25) is 5.02 Å². The van der Waals surface area contributed by atoms with Crippen molar-refractivity contribution < 1.29 is 14.7 Å². The van der Waals surface area contributed by atoms with E-state index in [9.17, 15) is 14.7 Å². The van der Waals surface area contributed by atoms with Gasteiger partial charge in [-0.1, -0.05) is 35.9 Å². The number of halogens is 1. The second-order valence-electron chi connectivity index (χ2n) is 5.39. The van der Waals surface area contributed by atoms with Gasteiger partial charge >= 0.3 is 0 Å². The zero-order valence-corrected chi connectivity index (χ0v) is 14.4. The summed E-state index contributed by atoms with van der Waals surface area (Å²) in [7, 11) is 0. The second kappa shape index (κ2) is 8.84. The molecule has 0 aliphatic heterocycles. The van der Waals surface area contributed by atoms with Gasteiger partial charge in [-0.05, 0) is 36.8 Å². The van der Waals surface area contributed by atoms with Crippen LogP contribution in [0.1, 0.15) is 29.3 Å². The lowest BCUT2D eigenvalue weighted by atomic mass is 10.2. The third kappa shape index (κ3) is 5.93. The maximum Gasteiger partial charge on any atom is 0.275 e. The largest absolute Gasteiger partial charge is 0.507 e. The first-order chi connectivity index (χ1) is 12.0. The normalized spacial score (nSPS) is 11.0. The number of phenols is 1. The molecular weight excluding hydrogens is 342 g/mol. The number of nitrogens with zero attached hydrogens (tertiary/aromatic N) is 1. The maximum absolute atomic E-state index is 11.9. The molecule has 0 aliphatic rings. The zero-order valence-electron chi connectivity index (χ0n) is 13.6. The molecule has 7 heteroatoms. The Hall–Kier alpha value is -2.86. The first-order valence-corrected chi connectivity index (χ1v) is 7.96. The summed E-state index contributed by atoms with van der Waals surface area (Å²) in [5.41, 5.74) is 3.81. The molecule has 25 heavy (non-hydrogen) atoms. The molecule has 0 heterocycles. The SMILES string of the molecule is C/C(CC(=O)NCc1ccc(Cl)cc1)=N\NC(=O)c1ccccc1O. The number of hydrogen-bond donors (Lipinski definition) is 3. The fraction of sp³-hybridized carbons (Fsp3) is 0.167. The Morgan fingerprint density at radius 3 is 2.48 bits per heavy atom. The summed E-state index contributed by atoms with van der Waals surface area (Å²) in [4.78, 5) is 23.8. The van der Waals surface area contributed by atoms with Crippen LogP contribution in [0.4, 0.5) is 0 Å². The van der Waals surface area contributed by atoms with Gasteiger partial charge in [0.15, 0.2) is 0 Å². The first kappa shape index (κ1) is 18.5. The van der Waals surface area contributed by atoms with Gasteiger partial charge in [-0.3, -0.25) is 9.59 Å². The molecule has 0 bridgehead atoms. The lowest BCUT2D eigenvalue weighted by molar-refractivity contribution is -0.120. The fourth-order valence-electron chi connectivity index (χ4n) is 2.01. The minimum atomic E-state index is -0.543. The summed E-state index contributed by atoms with van der Waals surface area (Å²) in [6.07, 6.45) is 0.0502. The van der Waals surface area contributed by atoms with Crippen LogP contribution >= 0.6 is 11.6 Å². The number of phenolic OH excluding ortho intramolecular Hbond substituents is 1. The lowest BCUT2D eigenvalue weighted by Crippen LogP contribution is -2.26. The lowest BCUT2D eigenvalue weighted by Gasteiger charge is -2.06. The number of carbonyl (C=O) groups excluding carboxylic acids is 2. The van der Waals surface area contributed by atoms with Crippen LogP contribution in [-0.4, -0.2) is 22.6 Å². The Labute approximate surface area is 150 Å². The standard InChI is InChI=1S/C18H18ClN3O3/c1-12(21-22-18(25)15-4-2-3-5-16(15)23)10-17(24)20-11-13-6-8-14(19)9-7-13/h2-9,23H,10-11H2,1H3,(H,20,24)(H,22,25)/b21-12+. The number of amides is 2. The molecule has 0 aliphatic carbocycles. The van der Waals surface area contributed by atoms with E-state index in [4.69, 9.17) is 11.6 Å². The van der Waals surface area contributed by atoms with Crippen molar-refractivity contribution in [2.45, 2.75) is 19.9 Å². The van der Waals surface area contributed by atoms with Gasteiger partial charge in [0.05, 0.1) is 12.0 Å². The highest BCUT2D eigenvalue weighted by molar-refractivity contribution is 6.30. The molecule has 2 rings (SSSR count). The van der Waals surface area contributed by atoms with E-state index < -0.39 is 5.91 Å². The zero-order chi connectivity index (χ0) is 18.2. The van der Waals surface area contributed by atoms with Crippen LogP contribution in [-0.2, 0) is 11.3 Å². The molecule has 130 valence electrons. The van der Waals surface area contributed by atoms with Gasteiger partial charge in [-0.15, -0.1) is 0 Å². The summed E-state index contributed by atoms with van der Waals surface area (Å²) in [5, 5.41) is 16.9. The van der Waals surface area contributed by atoms with Crippen molar-refractivity contribution >= 4 is 29.1 Å². The van der Waals surface area contributed by atoms with E-state index in [0.717, 1.165) is 5.56 Å². The first-order valence-electron chi connectivity index (χ1n) is 7.58. The molecule has 0 spiro atoms. The van der Waals surface area contributed by atoms with Crippen molar-refractivity contribution in [1.82, 2.24) is 10.7 Å². The van der Waals surface area contributed by atoms with E-state index in [0.29, 0.717) is 17.3 Å². The van der Waals surface area contributed by atoms with E-state index >= 15 is 0 Å². The molecule has 3 N–H and O–H groups in total. The van der Waals surface area contributed by atoms with Crippen LogP contribution < -0.4 is 10.7 Å². The summed E-state index contributed by atoms with van der Waals surface area (Å²) in [6.45, 7) is 2.01. The van der Waals surface area contributed by atoms with Crippen LogP contribution in [0.15, 0.2) is 53.6 Å².